The second-order valence-electron chi connectivity index (χ2n) is 5.71. The number of rotatable bonds is 4. The lowest BCUT2D eigenvalue weighted by Crippen LogP contribution is -2.29. The van der Waals surface area contributed by atoms with Crippen molar-refractivity contribution in [1.82, 2.24) is 14.8 Å². The van der Waals surface area contributed by atoms with Crippen LogP contribution in [0.15, 0.2) is 6.33 Å². The number of hydrogen-bond acceptors (Lipinski definition) is 3. The van der Waals surface area contributed by atoms with Crippen LogP contribution in [0.4, 0.5) is 0 Å². The molecule has 0 aromatic carbocycles. The number of aryl methyl sites for hydroxylation is 1. The summed E-state index contributed by atoms with van der Waals surface area (Å²) < 4.78 is 2.00. The normalized spacial score (nSPS) is 33.2. The zero-order chi connectivity index (χ0) is 11.8. The van der Waals surface area contributed by atoms with Gasteiger partial charge in [0, 0.05) is 6.54 Å². The van der Waals surface area contributed by atoms with E-state index in [0.29, 0.717) is 5.92 Å². The smallest absolute Gasteiger partial charge is 0.144 e. The van der Waals surface area contributed by atoms with Crippen molar-refractivity contribution in [3.8, 4) is 0 Å². The Balaban J connectivity index is 1.77. The average Bonchev–Trinajstić information content (AvgIpc) is 3.03. The van der Waals surface area contributed by atoms with Gasteiger partial charge in [0.1, 0.15) is 12.2 Å². The predicted octanol–water partition coefficient (Wildman–Crippen LogP) is 2.12. The Morgan fingerprint density at radius 1 is 1.47 bits per heavy atom. The summed E-state index contributed by atoms with van der Waals surface area (Å²) in [5, 5.41) is 4.29. The molecular weight excluding hydrogens is 212 g/mol. The Labute approximate surface area is 103 Å². The highest BCUT2D eigenvalue weighted by Crippen LogP contribution is 2.51. The molecular formula is C13H22N4. The van der Waals surface area contributed by atoms with Crippen molar-refractivity contribution in [2.24, 2.45) is 23.5 Å². The molecule has 2 fully saturated rings. The van der Waals surface area contributed by atoms with Crippen LogP contribution in [0.1, 0.15) is 50.9 Å². The molecule has 2 bridgehead atoms. The maximum atomic E-state index is 6.44. The van der Waals surface area contributed by atoms with E-state index in [4.69, 9.17) is 5.73 Å². The second-order valence-corrected chi connectivity index (χ2v) is 5.71. The summed E-state index contributed by atoms with van der Waals surface area (Å²) in [6.45, 7) is 3.10. The monoisotopic (exact) mass is 234 g/mol. The van der Waals surface area contributed by atoms with Crippen LogP contribution >= 0.6 is 0 Å². The van der Waals surface area contributed by atoms with Gasteiger partial charge in [-0.15, -0.1) is 0 Å². The first-order chi connectivity index (χ1) is 8.29. The van der Waals surface area contributed by atoms with E-state index in [-0.39, 0.29) is 6.04 Å². The summed E-state index contributed by atoms with van der Waals surface area (Å²) in [4.78, 5) is 4.39. The maximum absolute atomic E-state index is 6.44. The molecule has 4 atom stereocenters. The van der Waals surface area contributed by atoms with Crippen LogP contribution in [0.2, 0.25) is 0 Å². The first kappa shape index (κ1) is 11.2. The molecule has 0 spiro atoms. The van der Waals surface area contributed by atoms with Crippen LogP contribution in [0.25, 0.3) is 0 Å². The topological polar surface area (TPSA) is 56.7 Å². The van der Waals surface area contributed by atoms with Gasteiger partial charge in [-0.2, -0.15) is 5.10 Å². The van der Waals surface area contributed by atoms with Crippen LogP contribution in [0.3, 0.4) is 0 Å². The van der Waals surface area contributed by atoms with Crippen molar-refractivity contribution < 1.29 is 0 Å². The minimum absolute atomic E-state index is 0.0966. The highest BCUT2D eigenvalue weighted by Gasteiger charge is 2.43. The number of nitrogens with zero attached hydrogens (tertiary/aromatic N) is 3. The molecule has 3 rings (SSSR count). The first-order valence-electron chi connectivity index (χ1n) is 6.93. The summed E-state index contributed by atoms with van der Waals surface area (Å²) >= 11 is 0. The molecule has 2 saturated carbocycles. The van der Waals surface area contributed by atoms with E-state index in [0.717, 1.165) is 30.6 Å². The van der Waals surface area contributed by atoms with Crippen molar-refractivity contribution in [3.63, 3.8) is 0 Å². The standard InChI is InChI=1S/C13H22N4/c1-2-5-17-13(15-8-16-17)12(14)11-7-9-3-4-10(11)6-9/h8-12H,2-7,14H2,1H3. The van der Waals surface area contributed by atoms with Gasteiger partial charge < -0.3 is 5.73 Å². The molecule has 0 radical (unpaired) electrons. The lowest BCUT2D eigenvalue weighted by molar-refractivity contribution is 0.271. The number of fused-ring (bicyclic) bond motifs is 2. The summed E-state index contributed by atoms with van der Waals surface area (Å²) in [6.07, 6.45) is 8.25. The van der Waals surface area contributed by atoms with Crippen molar-refractivity contribution in [2.45, 2.75) is 51.6 Å². The fourth-order valence-corrected chi connectivity index (χ4v) is 3.84. The Morgan fingerprint density at radius 2 is 2.35 bits per heavy atom. The van der Waals surface area contributed by atoms with Gasteiger partial charge in [-0.3, -0.25) is 0 Å². The largest absolute Gasteiger partial charge is 0.321 e. The molecule has 2 N–H and O–H groups in total. The molecule has 0 amide bonds. The minimum atomic E-state index is 0.0966. The average molecular weight is 234 g/mol. The van der Waals surface area contributed by atoms with E-state index in [1.165, 1.54) is 25.7 Å². The summed E-state index contributed by atoms with van der Waals surface area (Å²) in [5.74, 6) is 3.44. The van der Waals surface area contributed by atoms with E-state index in [9.17, 15) is 0 Å². The van der Waals surface area contributed by atoms with Crippen LogP contribution < -0.4 is 5.73 Å². The van der Waals surface area contributed by atoms with E-state index < -0.39 is 0 Å². The molecule has 1 aromatic rings. The second kappa shape index (κ2) is 4.41. The molecule has 1 aromatic heterocycles. The summed E-state index contributed by atoms with van der Waals surface area (Å²) in [6, 6.07) is 0.0966. The van der Waals surface area contributed by atoms with Gasteiger partial charge in [-0.25, -0.2) is 9.67 Å². The minimum Gasteiger partial charge on any atom is -0.321 e. The van der Waals surface area contributed by atoms with Crippen LogP contribution in [-0.2, 0) is 6.54 Å². The van der Waals surface area contributed by atoms with Gasteiger partial charge in [0.25, 0.3) is 0 Å². The zero-order valence-corrected chi connectivity index (χ0v) is 10.5. The quantitative estimate of drug-likeness (QED) is 0.868. The third kappa shape index (κ3) is 1.88. The molecule has 4 nitrogen and oxygen atoms in total. The Bertz CT molecular complexity index is 387. The predicted molar refractivity (Wildman–Crippen MR) is 66.2 cm³/mol. The summed E-state index contributed by atoms with van der Waals surface area (Å²) in [7, 11) is 0. The van der Waals surface area contributed by atoms with E-state index in [1.807, 2.05) is 4.68 Å². The van der Waals surface area contributed by atoms with E-state index in [2.05, 4.69) is 17.0 Å². The van der Waals surface area contributed by atoms with E-state index >= 15 is 0 Å². The Kier molecular flexibility index (Phi) is 2.90. The van der Waals surface area contributed by atoms with Crippen molar-refractivity contribution in [2.75, 3.05) is 0 Å². The van der Waals surface area contributed by atoms with Gasteiger partial charge in [0.2, 0.25) is 0 Å². The van der Waals surface area contributed by atoms with Gasteiger partial charge >= 0.3 is 0 Å². The van der Waals surface area contributed by atoms with Crippen LogP contribution in [0, 0.1) is 17.8 Å². The molecule has 4 unspecified atom stereocenters. The molecule has 4 heteroatoms. The molecule has 0 aliphatic heterocycles. The molecule has 0 saturated heterocycles. The summed E-state index contributed by atoms with van der Waals surface area (Å²) in [5.41, 5.74) is 6.44. The van der Waals surface area contributed by atoms with E-state index in [1.54, 1.807) is 6.33 Å². The third-order valence-electron chi connectivity index (χ3n) is 4.63. The fourth-order valence-electron chi connectivity index (χ4n) is 3.84. The van der Waals surface area contributed by atoms with Crippen LogP contribution in [-0.4, -0.2) is 14.8 Å². The Hall–Kier alpha value is -0.900. The zero-order valence-electron chi connectivity index (χ0n) is 10.5. The number of aromatic nitrogens is 3. The van der Waals surface area contributed by atoms with Crippen molar-refractivity contribution >= 4 is 0 Å². The SMILES string of the molecule is CCCn1ncnc1C(N)C1CC2CCC1C2. The maximum Gasteiger partial charge on any atom is 0.144 e. The highest BCUT2D eigenvalue weighted by molar-refractivity contribution is 5.02. The third-order valence-corrected chi connectivity index (χ3v) is 4.63. The highest BCUT2D eigenvalue weighted by atomic mass is 15.3. The fraction of sp³-hybridized carbons (Fsp3) is 0.846. The van der Waals surface area contributed by atoms with Gasteiger partial charge in [0.15, 0.2) is 0 Å². The molecule has 2 aliphatic rings. The lowest BCUT2D eigenvalue weighted by Gasteiger charge is -2.27. The van der Waals surface area contributed by atoms with Gasteiger partial charge in [-0.1, -0.05) is 13.3 Å². The molecule has 94 valence electrons. The van der Waals surface area contributed by atoms with Gasteiger partial charge in [0.05, 0.1) is 6.04 Å². The van der Waals surface area contributed by atoms with Gasteiger partial charge in [-0.05, 0) is 43.4 Å². The molecule has 2 aliphatic carbocycles. The van der Waals surface area contributed by atoms with Crippen molar-refractivity contribution in [3.05, 3.63) is 12.2 Å². The van der Waals surface area contributed by atoms with Crippen molar-refractivity contribution in [1.29, 1.82) is 0 Å². The molecule has 17 heavy (non-hydrogen) atoms. The lowest BCUT2D eigenvalue weighted by atomic mass is 9.83. The molecule has 1 heterocycles. The first-order valence-corrected chi connectivity index (χ1v) is 6.93. The van der Waals surface area contributed by atoms with Crippen LogP contribution in [0.5, 0.6) is 0 Å². The number of hydrogen-bond donors (Lipinski definition) is 1. The Morgan fingerprint density at radius 3 is 3.00 bits per heavy atom. The number of nitrogens with two attached hydrogens (primary N) is 1.